The van der Waals surface area contributed by atoms with Gasteiger partial charge in [0.1, 0.15) is 5.69 Å². The molecule has 3 heterocycles. The first-order valence-corrected chi connectivity index (χ1v) is 8.21. The second-order valence-electron chi connectivity index (χ2n) is 6.20. The van der Waals surface area contributed by atoms with Gasteiger partial charge in [-0.3, -0.25) is 4.79 Å². The number of benzene rings is 1. The fourth-order valence-electron chi connectivity index (χ4n) is 3.27. The Hall–Kier alpha value is -2.66. The van der Waals surface area contributed by atoms with Crippen LogP contribution in [0.5, 0.6) is 0 Å². The minimum absolute atomic E-state index is 0.0107. The fraction of sp³-hybridized carbons (Fsp3) is 0.263. The van der Waals surface area contributed by atoms with Gasteiger partial charge in [0.25, 0.3) is 5.91 Å². The van der Waals surface area contributed by atoms with E-state index in [1.165, 1.54) is 0 Å². The number of carbonyl (C=O) groups excluding carboxylic acids is 1. The van der Waals surface area contributed by atoms with Gasteiger partial charge in [-0.25, -0.2) is 4.98 Å². The van der Waals surface area contributed by atoms with Crippen molar-refractivity contribution in [1.29, 1.82) is 0 Å². The van der Waals surface area contributed by atoms with Crippen LogP contribution in [0.4, 0.5) is 0 Å². The monoisotopic (exact) mass is 321 g/mol. The molecule has 2 aromatic heterocycles. The normalized spacial score (nSPS) is 18.0. The van der Waals surface area contributed by atoms with Crippen LogP contribution < -0.4 is 5.73 Å². The van der Waals surface area contributed by atoms with E-state index in [0.29, 0.717) is 23.6 Å². The van der Waals surface area contributed by atoms with Crippen molar-refractivity contribution in [3.8, 4) is 11.5 Å². The summed E-state index contributed by atoms with van der Waals surface area (Å²) in [6.45, 7) is 1.35. The predicted octanol–water partition coefficient (Wildman–Crippen LogP) is 3.06. The number of fused-ring (bicyclic) bond motifs is 1. The zero-order valence-electron chi connectivity index (χ0n) is 13.3. The van der Waals surface area contributed by atoms with Crippen LogP contribution in [0.2, 0.25) is 0 Å². The van der Waals surface area contributed by atoms with Gasteiger partial charge in [0, 0.05) is 24.5 Å². The summed E-state index contributed by atoms with van der Waals surface area (Å²) >= 11 is 0. The van der Waals surface area contributed by atoms with E-state index >= 15 is 0 Å². The molecule has 24 heavy (non-hydrogen) atoms. The zero-order valence-corrected chi connectivity index (χ0v) is 13.3. The molecule has 1 amide bonds. The second-order valence-corrected chi connectivity index (χ2v) is 6.20. The molecule has 122 valence electrons. The first-order chi connectivity index (χ1) is 11.7. The minimum Gasteiger partial charge on any atom is -0.463 e. The van der Waals surface area contributed by atoms with Crippen molar-refractivity contribution >= 4 is 16.8 Å². The molecule has 1 fully saturated rings. The Kier molecular flexibility index (Phi) is 3.78. The number of furan rings is 1. The van der Waals surface area contributed by atoms with Crippen LogP contribution in [0.3, 0.4) is 0 Å². The van der Waals surface area contributed by atoms with Crippen molar-refractivity contribution in [3.63, 3.8) is 0 Å². The van der Waals surface area contributed by atoms with Crippen LogP contribution in [0.25, 0.3) is 22.4 Å². The summed E-state index contributed by atoms with van der Waals surface area (Å²) in [6, 6.07) is 13.2. The van der Waals surface area contributed by atoms with Gasteiger partial charge in [-0.1, -0.05) is 18.2 Å². The SMILES string of the molecule is NC1CCCN(C(=O)c2cc(-c3ccco3)nc3ccccc23)C1. The molecular formula is C19H19N3O2. The van der Waals surface area contributed by atoms with Crippen molar-refractivity contribution < 1.29 is 9.21 Å². The number of para-hydroxylation sites is 1. The third-order valence-electron chi connectivity index (χ3n) is 4.47. The average Bonchev–Trinajstić information content (AvgIpc) is 3.15. The first-order valence-electron chi connectivity index (χ1n) is 8.21. The van der Waals surface area contributed by atoms with Gasteiger partial charge in [0.05, 0.1) is 17.3 Å². The van der Waals surface area contributed by atoms with Crippen LogP contribution in [-0.2, 0) is 0 Å². The van der Waals surface area contributed by atoms with Gasteiger partial charge in [-0.05, 0) is 37.1 Å². The van der Waals surface area contributed by atoms with Crippen molar-refractivity contribution in [3.05, 3.63) is 54.3 Å². The molecule has 1 aromatic carbocycles. The first kappa shape index (κ1) is 14.9. The van der Waals surface area contributed by atoms with Crippen molar-refractivity contribution in [2.24, 2.45) is 5.73 Å². The topological polar surface area (TPSA) is 72.4 Å². The van der Waals surface area contributed by atoms with Crippen LogP contribution in [0.1, 0.15) is 23.2 Å². The molecule has 5 heteroatoms. The number of amides is 1. The predicted molar refractivity (Wildman–Crippen MR) is 92.6 cm³/mol. The molecule has 1 aliphatic rings. The van der Waals surface area contributed by atoms with E-state index in [2.05, 4.69) is 4.98 Å². The second kappa shape index (κ2) is 6.09. The number of carbonyl (C=O) groups is 1. The highest BCUT2D eigenvalue weighted by Gasteiger charge is 2.24. The molecule has 0 radical (unpaired) electrons. The molecule has 0 saturated carbocycles. The molecule has 1 atom stereocenters. The van der Waals surface area contributed by atoms with Crippen LogP contribution >= 0.6 is 0 Å². The summed E-state index contributed by atoms with van der Waals surface area (Å²) < 4.78 is 5.46. The number of hydrogen-bond acceptors (Lipinski definition) is 4. The molecule has 1 unspecified atom stereocenters. The van der Waals surface area contributed by atoms with E-state index in [4.69, 9.17) is 10.2 Å². The Morgan fingerprint density at radius 3 is 2.92 bits per heavy atom. The van der Waals surface area contributed by atoms with E-state index in [1.54, 1.807) is 6.26 Å². The van der Waals surface area contributed by atoms with Crippen LogP contribution in [0.15, 0.2) is 53.1 Å². The largest absolute Gasteiger partial charge is 0.463 e. The molecule has 4 rings (SSSR count). The smallest absolute Gasteiger partial charge is 0.254 e. The minimum atomic E-state index is 0.0107. The molecule has 2 N–H and O–H groups in total. The number of likely N-dealkylation sites (tertiary alicyclic amines) is 1. The molecule has 1 aliphatic heterocycles. The molecule has 0 spiro atoms. The summed E-state index contributed by atoms with van der Waals surface area (Å²) in [5, 5.41) is 0.858. The Morgan fingerprint density at radius 2 is 2.12 bits per heavy atom. The molecule has 5 nitrogen and oxygen atoms in total. The maximum Gasteiger partial charge on any atom is 0.254 e. The number of aromatic nitrogens is 1. The lowest BCUT2D eigenvalue weighted by Crippen LogP contribution is -2.45. The third-order valence-corrected chi connectivity index (χ3v) is 4.47. The number of hydrogen-bond donors (Lipinski definition) is 1. The van der Waals surface area contributed by atoms with Gasteiger partial charge < -0.3 is 15.1 Å². The van der Waals surface area contributed by atoms with E-state index in [-0.39, 0.29) is 11.9 Å². The highest BCUT2D eigenvalue weighted by Crippen LogP contribution is 2.26. The van der Waals surface area contributed by atoms with Crippen molar-refractivity contribution in [1.82, 2.24) is 9.88 Å². The number of nitrogens with zero attached hydrogens (tertiary/aromatic N) is 2. The number of nitrogens with two attached hydrogens (primary N) is 1. The van der Waals surface area contributed by atoms with E-state index in [9.17, 15) is 4.79 Å². The molecule has 0 aliphatic carbocycles. The van der Waals surface area contributed by atoms with E-state index in [0.717, 1.165) is 30.3 Å². The quantitative estimate of drug-likeness (QED) is 0.787. The summed E-state index contributed by atoms with van der Waals surface area (Å²) in [4.78, 5) is 19.6. The summed E-state index contributed by atoms with van der Waals surface area (Å²) in [5.74, 6) is 0.668. The molecule has 1 saturated heterocycles. The van der Waals surface area contributed by atoms with Crippen molar-refractivity contribution in [2.45, 2.75) is 18.9 Å². The summed E-state index contributed by atoms with van der Waals surface area (Å²) in [7, 11) is 0. The Balaban J connectivity index is 1.82. The van der Waals surface area contributed by atoms with E-state index in [1.807, 2.05) is 47.4 Å². The number of rotatable bonds is 2. The average molecular weight is 321 g/mol. The fourth-order valence-corrected chi connectivity index (χ4v) is 3.27. The lowest BCUT2D eigenvalue weighted by molar-refractivity contribution is 0.0711. The van der Waals surface area contributed by atoms with Crippen molar-refractivity contribution in [2.75, 3.05) is 13.1 Å². The van der Waals surface area contributed by atoms with Crippen LogP contribution in [0, 0.1) is 0 Å². The Morgan fingerprint density at radius 1 is 1.25 bits per heavy atom. The Labute approximate surface area is 140 Å². The molecular weight excluding hydrogens is 302 g/mol. The Bertz CT molecular complexity index is 873. The summed E-state index contributed by atoms with van der Waals surface area (Å²) in [6.07, 6.45) is 3.52. The highest BCUT2D eigenvalue weighted by molar-refractivity contribution is 6.07. The van der Waals surface area contributed by atoms with Gasteiger partial charge in [-0.15, -0.1) is 0 Å². The molecule has 0 bridgehead atoms. The highest BCUT2D eigenvalue weighted by atomic mass is 16.3. The maximum absolute atomic E-state index is 13.1. The lowest BCUT2D eigenvalue weighted by atomic mass is 10.0. The van der Waals surface area contributed by atoms with Crippen LogP contribution in [-0.4, -0.2) is 34.9 Å². The maximum atomic E-state index is 13.1. The lowest BCUT2D eigenvalue weighted by Gasteiger charge is -2.31. The molecule has 3 aromatic rings. The van der Waals surface area contributed by atoms with Gasteiger partial charge in [-0.2, -0.15) is 0 Å². The third kappa shape index (κ3) is 2.67. The standard InChI is InChI=1S/C19H19N3O2/c20-13-5-3-9-22(12-13)19(23)15-11-17(18-8-4-10-24-18)21-16-7-2-1-6-14(15)16/h1-2,4,6-8,10-11,13H,3,5,9,12,20H2. The van der Waals surface area contributed by atoms with Gasteiger partial charge >= 0.3 is 0 Å². The van der Waals surface area contributed by atoms with Gasteiger partial charge in [0.2, 0.25) is 0 Å². The number of pyridine rings is 1. The zero-order chi connectivity index (χ0) is 16.5. The van der Waals surface area contributed by atoms with E-state index < -0.39 is 0 Å². The van der Waals surface area contributed by atoms with Gasteiger partial charge in [0.15, 0.2) is 5.76 Å². The number of piperidine rings is 1. The summed E-state index contributed by atoms with van der Waals surface area (Å²) in [5.41, 5.74) is 8.15.